The van der Waals surface area contributed by atoms with Crippen molar-refractivity contribution >= 4 is 45.9 Å². The first-order chi connectivity index (χ1) is 17.6. The van der Waals surface area contributed by atoms with Gasteiger partial charge in [0.2, 0.25) is 5.91 Å². The minimum absolute atomic E-state index is 0.0720. The largest absolute Gasteiger partial charge is 0.457 e. The van der Waals surface area contributed by atoms with Crippen molar-refractivity contribution in [1.82, 2.24) is 9.55 Å². The van der Waals surface area contributed by atoms with Crippen molar-refractivity contribution in [3.8, 4) is 17.2 Å². The Morgan fingerprint density at radius 2 is 1.53 bits per heavy atom. The standard InChI is InChI=1S/C28H20ClN3O3S/c29-19-10-12-20(13-11-19)30-26(33)18-36-28-31-25-9-5-4-8-24(25)27(34)32(28)21-14-16-23(17-15-21)35-22-6-2-1-3-7-22/h1-17H,18H2,(H,30,33). The fourth-order valence-corrected chi connectivity index (χ4v) is 4.52. The molecule has 36 heavy (non-hydrogen) atoms. The van der Waals surface area contributed by atoms with Crippen molar-refractivity contribution in [1.29, 1.82) is 0 Å². The molecule has 0 bridgehead atoms. The number of thioether (sulfide) groups is 1. The fraction of sp³-hybridized carbons (Fsp3) is 0.0357. The predicted octanol–water partition coefficient (Wildman–Crippen LogP) is 6.56. The lowest BCUT2D eigenvalue weighted by Gasteiger charge is -2.14. The summed E-state index contributed by atoms with van der Waals surface area (Å²) in [7, 11) is 0. The van der Waals surface area contributed by atoms with Gasteiger partial charge in [-0.2, -0.15) is 0 Å². The van der Waals surface area contributed by atoms with E-state index in [1.54, 1.807) is 66.7 Å². The predicted molar refractivity (Wildman–Crippen MR) is 145 cm³/mol. The molecule has 178 valence electrons. The average molecular weight is 514 g/mol. The second kappa shape index (κ2) is 10.7. The van der Waals surface area contributed by atoms with Crippen LogP contribution in [-0.4, -0.2) is 21.2 Å². The molecule has 8 heteroatoms. The summed E-state index contributed by atoms with van der Waals surface area (Å²) in [6.45, 7) is 0. The maximum atomic E-state index is 13.5. The number of amides is 1. The van der Waals surface area contributed by atoms with Crippen LogP contribution in [0.5, 0.6) is 11.5 Å². The highest BCUT2D eigenvalue weighted by Crippen LogP contribution is 2.25. The second-order valence-electron chi connectivity index (χ2n) is 7.80. The molecule has 0 atom stereocenters. The van der Waals surface area contributed by atoms with Gasteiger partial charge in [0.05, 0.1) is 22.3 Å². The Kier molecular flexibility index (Phi) is 7.02. The van der Waals surface area contributed by atoms with Crippen LogP contribution in [0.2, 0.25) is 5.02 Å². The average Bonchev–Trinajstić information content (AvgIpc) is 2.90. The van der Waals surface area contributed by atoms with Gasteiger partial charge in [0.15, 0.2) is 5.16 Å². The van der Waals surface area contributed by atoms with E-state index in [2.05, 4.69) is 5.32 Å². The van der Waals surface area contributed by atoms with E-state index in [0.717, 1.165) is 5.75 Å². The van der Waals surface area contributed by atoms with Gasteiger partial charge in [-0.15, -0.1) is 0 Å². The summed E-state index contributed by atoms with van der Waals surface area (Å²) in [5.41, 5.74) is 1.63. The smallest absolute Gasteiger partial charge is 0.266 e. The highest BCUT2D eigenvalue weighted by atomic mass is 35.5. The summed E-state index contributed by atoms with van der Waals surface area (Å²) in [6.07, 6.45) is 0. The van der Waals surface area contributed by atoms with Crippen molar-refractivity contribution in [2.75, 3.05) is 11.1 Å². The van der Waals surface area contributed by atoms with Gasteiger partial charge >= 0.3 is 0 Å². The van der Waals surface area contributed by atoms with E-state index < -0.39 is 0 Å². The first kappa shape index (κ1) is 23.7. The first-order valence-electron chi connectivity index (χ1n) is 11.1. The van der Waals surface area contributed by atoms with Crippen LogP contribution < -0.4 is 15.6 Å². The number of fused-ring (bicyclic) bond motifs is 1. The molecule has 5 rings (SSSR count). The normalized spacial score (nSPS) is 10.8. The van der Waals surface area contributed by atoms with Gasteiger partial charge in [0.1, 0.15) is 11.5 Å². The maximum Gasteiger partial charge on any atom is 0.266 e. The molecule has 0 saturated heterocycles. The Balaban J connectivity index is 1.43. The number of nitrogens with zero attached hydrogens (tertiary/aromatic N) is 2. The summed E-state index contributed by atoms with van der Waals surface area (Å²) in [5, 5.41) is 4.34. The highest BCUT2D eigenvalue weighted by molar-refractivity contribution is 7.99. The molecule has 1 aromatic heterocycles. The molecule has 4 aromatic carbocycles. The number of aromatic nitrogens is 2. The van der Waals surface area contributed by atoms with Crippen molar-refractivity contribution in [3.63, 3.8) is 0 Å². The molecule has 1 heterocycles. The number of para-hydroxylation sites is 2. The number of carbonyl (C=O) groups is 1. The Morgan fingerprint density at radius 1 is 0.861 bits per heavy atom. The van der Waals surface area contributed by atoms with E-state index in [-0.39, 0.29) is 17.2 Å². The maximum absolute atomic E-state index is 13.5. The number of carbonyl (C=O) groups excluding carboxylic acids is 1. The molecule has 6 nitrogen and oxygen atoms in total. The number of hydrogen-bond donors (Lipinski definition) is 1. The monoisotopic (exact) mass is 513 g/mol. The van der Waals surface area contributed by atoms with E-state index >= 15 is 0 Å². The molecule has 0 saturated carbocycles. The van der Waals surface area contributed by atoms with Gasteiger partial charge in [-0.3, -0.25) is 14.2 Å². The zero-order chi connectivity index (χ0) is 24.9. The number of hydrogen-bond acceptors (Lipinski definition) is 5. The molecule has 0 fully saturated rings. The SMILES string of the molecule is O=C(CSc1nc2ccccc2c(=O)n1-c1ccc(Oc2ccccc2)cc1)Nc1ccc(Cl)cc1. The van der Waals surface area contributed by atoms with E-state index in [9.17, 15) is 9.59 Å². The lowest BCUT2D eigenvalue weighted by atomic mass is 10.2. The first-order valence-corrected chi connectivity index (χ1v) is 12.5. The van der Waals surface area contributed by atoms with Crippen molar-refractivity contribution < 1.29 is 9.53 Å². The molecule has 1 amide bonds. The van der Waals surface area contributed by atoms with Crippen LogP contribution in [0.25, 0.3) is 16.6 Å². The quantitative estimate of drug-likeness (QED) is 0.197. The van der Waals surface area contributed by atoms with Gasteiger partial charge < -0.3 is 10.1 Å². The van der Waals surface area contributed by atoms with Crippen LogP contribution in [0.4, 0.5) is 5.69 Å². The lowest BCUT2D eigenvalue weighted by Crippen LogP contribution is -2.23. The summed E-state index contributed by atoms with van der Waals surface area (Å²) in [5.74, 6) is 1.21. The van der Waals surface area contributed by atoms with Gasteiger partial charge in [-0.05, 0) is 72.8 Å². The number of benzene rings is 4. The summed E-state index contributed by atoms with van der Waals surface area (Å²) < 4.78 is 7.40. The Bertz CT molecular complexity index is 1570. The molecule has 0 radical (unpaired) electrons. The van der Waals surface area contributed by atoms with Gasteiger partial charge in [-0.25, -0.2) is 4.98 Å². The summed E-state index contributed by atoms with van der Waals surface area (Å²) >= 11 is 7.10. The third kappa shape index (κ3) is 5.43. The van der Waals surface area contributed by atoms with Crippen molar-refractivity contribution in [2.24, 2.45) is 0 Å². The molecule has 0 unspecified atom stereocenters. The molecule has 0 aliphatic rings. The minimum atomic E-state index is -0.220. The van der Waals surface area contributed by atoms with Crippen molar-refractivity contribution in [2.45, 2.75) is 5.16 Å². The Labute approximate surface area is 216 Å². The Hall–Kier alpha value is -4.07. The minimum Gasteiger partial charge on any atom is -0.457 e. The van der Waals surface area contributed by atoms with Crippen LogP contribution in [0.3, 0.4) is 0 Å². The van der Waals surface area contributed by atoms with Gasteiger partial charge in [0.25, 0.3) is 5.56 Å². The molecular weight excluding hydrogens is 494 g/mol. The topological polar surface area (TPSA) is 73.2 Å². The van der Waals surface area contributed by atoms with E-state index in [1.165, 1.54) is 16.3 Å². The summed E-state index contributed by atoms with van der Waals surface area (Å²) in [6, 6.07) is 30.7. The molecular formula is C28H20ClN3O3S. The number of ether oxygens (including phenoxy) is 1. The number of halogens is 1. The third-order valence-electron chi connectivity index (χ3n) is 5.28. The number of nitrogens with one attached hydrogen (secondary N) is 1. The van der Waals surface area contributed by atoms with Crippen LogP contribution >= 0.6 is 23.4 Å². The number of anilines is 1. The lowest BCUT2D eigenvalue weighted by molar-refractivity contribution is -0.113. The Morgan fingerprint density at radius 3 is 2.28 bits per heavy atom. The van der Waals surface area contributed by atoms with Crippen LogP contribution in [0.1, 0.15) is 0 Å². The van der Waals surface area contributed by atoms with E-state index in [1.807, 2.05) is 36.4 Å². The highest BCUT2D eigenvalue weighted by Gasteiger charge is 2.15. The van der Waals surface area contributed by atoms with Crippen LogP contribution in [0.15, 0.2) is 113 Å². The molecule has 0 aliphatic heterocycles. The molecule has 1 N–H and O–H groups in total. The zero-order valence-corrected chi connectivity index (χ0v) is 20.5. The summed E-state index contributed by atoms with van der Waals surface area (Å²) in [4.78, 5) is 30.7. The zero-order valence-electron chi connectivity index (χ0n) is 18.9. The van der Waals surface area contributed by atoms with E-state index in [0.29, 0.717) is 38.2 Å². The van der Waals surface area contributed by atoms with Crippen molar-refractivity contribution in [3.05, 3.63) is 119 Å². The molecule has 0 spiro atoms. The van der Waals surface area contributed by atoms with Gasteiger partial charge in [-0.1, -0.05) is 53.7 Å². The van der Waals surface area contributed by atoms with Gasteiger partial charge in [0, 0.05) is 10.7 Å². The third-order valence-corrected chi connectivity index (χ3v) is 6.47. The van der Waals surface area contributed by atoms with Crippen LogP contribution in [0, 0.1) is 0 Å². The molecule has 0 aliphatic carbocycles. The van der Waals surface area contributed by atoms with E-state index in [4.69, 9.17) is 21.3 Å². The second-order valence-corrected chi connectivity index (χ2v) is 9.18. The van der Waals surface area contributed by atoms with Crippen LogP contribution in [-0.2, 0) is 4.79 Å². The number of rotatable bonds is 7. The fourth-order valence-electron chi connectivity index (χ4n) is 3.59. The molecule has 5 aromatic rings.